The van der Waals surface area contributed by atoms with E-state index in [2.05, 4.69) is 13.2 Å². The lowest BCUT2D eigenvalue weighted by Gasteiger charge is -2.13. The minimum absolute atomic E-state index is 0.0871. The molecule has 0 saturated carbocycles. The molecule has 0 rings (SSSR count). The molecule has 4 atom stereocenters. The molecule has 0 fully saturated rings. The highest BCUT2D eigenvalue weighted by Crippen LogP contribution is 2.07. The van der Waals surface area contributed by atoms with Gasteiger partial charge >= 0.3 is 35.8 Å². The second-order valence-electron chi connectivity index (χ2n) is 12.4. The summed E-state index contributed by atoms with van der Waals surface area (Å²) >= 11 is 0. The van der Waals surface area contributed by atoms with Crippen molar-refractivity contribution in [1.82, 2.24) is 0 Å². The highest BCUT2D eigenvalue weighted by molar-refractivity contribution is 5.81. The van der Waals surface area contributed by atoms with E-state index in [0.717, 1.165) is 31.4 Å². The van der Waals surface area contributed by atoms with E-state index >= 15 is 0 Å². The predicted molar refractivity (Wildman–Crippen MR) is 199 cm³/mol. The van der Waals surface area contributed by atoms with Crippen LogP contribution in [0.1, 0.15) is 112 Å². The molecule has 54 heavy (non-hydrogen) atoms. The van der Waals surface area contributed by atoms with Crippen molar-refractivity contribution in [3.05, 3.63) is 25.3 Å². The lowest BCUT2D eigenvalue weighted by Crippen LogP contribution is -2.23. The summed E-state index contributed by atoms with van der Waals surface area (Å²) < 4.78 is 40.4. The summed E-state index contributed by atoms with van der Waals surface area (Å²) in [5.74, 6) is -2.31. The van der Waals surface area contributed by atoms with Gasteiger partial charge in [0.1, 0.15) is 19.8 Å². The van der Waals surface area contributed by atoms with E-state index in [1.807, 2.05) is 27.7 Å². The van der Waals surface area contributed by atoms with E-state index in [-0.39, 0.29) is 75.3 Å². The molecule has 15 heteroatoms. The smallest absolute Gasteiger partial charge is 0.330 e. The Balaban J connectivity index is 0. The van der Waals surface area contributed by atoms with Crippen molar-refractivity contribution >= 4 is 35.8 Å². The number of ether oxygens (including phenoxy) is 8. The molecule has 0 aromatic carbocycles. The zero-order valence-electron chi connectivity index (χ0n) is 33.2. The SMILES string of the molecule is C=CC(=O)OCC(C)OCCOC(=O)C(C)CC.C=CC(=O)OCCCCCC(=O)OCCCCCC(=O)OC(O)COCCCCOC(=O)C(C)CC. The molecule has 0 spiro atoms. The maximum atomic E-state index is 11.8. The van der Waals surface area contributed by atoms with Gasteiger partial charge in [0.25, 0.3) is 0 Å². The van der Waals surface area contributed by atoms with Crippen molar-refractivity contribution < 1.29 is 71.8 Å². The molecule has 0 aliphatic rings. The molecular weight excluding hydrogens is 708 g/mol. The number of aliphatic hydroxyl groups is 1. The molecule has 4 unspecified atom stereocenters. The highest BCUT2D eigenvalue weighted by Gasteiger charge is 2.14. The van der Waals surface area contributed by atoms with Crippen LogP contribution in [-0.4, -0.2) is 106 Å². The zero-order valence-corrected chi connectivity index (χ0v) is 33.2. The molecule has 1 N–H and O–H groups in total. The lowest BCUT2D eigenvalue weighted by molar-refractivity contribution is -0.177. The van der Waals surface area contributed by atoms with Gasteiger partial charge in [-0.2, -0.15) is 0 Å². The third kappa shape index (κ3) is 34.0. The first-order chi connectivity index (χ1) is 25.8. The van der Waals surface area contributed by atoms with Crippen LogP contribution in [0.15, 0.2) is 25.3 Å². The van der Waals surface area contributed by atoms with Gasteiger partial charge in [-0.15, -0.1) is 0 Å². The largest absolute Gasteiger partial charge is 0.466 e. The number of esters is 6. The van der Waals surface area contributed by atoms with Crippen LogP contribution < -0.4 is 0 Å². The Hall–Kier alpha value is -3.82. The van der Waals surface area contributed by atoms with Crippen molar-refractivity contribution in [2.75, 3.05) is 52.9 Å². The van der Waals surface area contributed by atoms with Gasteiger partial charge in [-0.1, -0.05) is 40.9 Å². The molecule has 0 aliphatic heterocycles. The fraction of sp³-hybridized carbons (Fsp3) is 0.744. The minimum Gasteiger partial charge on any atom is -0.466 e. The first kappa shape index (κ1) is 52.3. The third-order valence-corrected chi connectivity index (χ3v) is 7.57. The monoisotopic (exact) mass is 774 g/mol. The van der Waals surface area contributed by atoms with Crippen LogP contribution >= 0.6 is 0 Å². The van der Waals surface area contributed by atoms with E-state index in [9.17, 15) is 33.9 Å². The fourth-order valence-corrected chi connectivity index (χ4v) is 3.81. The molecular formula is C39H66O15. The third-order valence-electron chi connectivity index (χ3n) is 7.57. The Bertz CT molecular complexity index is 1060. The van der Waals surface area contributed by atoms with Crippen molar-refractivity contribution in [2.24, 2.45) is 11.8 Å². The first-order valence-corrected chi connectivity index (χ1v) is 18.9. The number of hydrogen-bond donors (Lipinski definition) is 1. The normalized spacial score (nSPS) is 12.7. The molecule has 0 heterocycles. The molecule has 0 saturated heterocycles. The van der Waals surface area contributed by atoms with Gasteiger partial charge in [0, 0.05) is 31.6 Å². The fourth-order valence-electron chi connectivity index (χ4n) is 3.81. The summed E-state index contributed by atoms with van der Waals surface area (Å²) in [6.07, 6.45) is 7.91. The zero-order chi connectivity index (χ0) is 41.0. The molecule has 0 aromatic rings. The topological polar surface area (TPSA) is 196 Å². The van der Waals surface area contributed by atoms with Gasteiger partial charge in [-0.25, -0.2) is 9.59 Å². The Morgan fingerprint density at radius 1 is 0.556 bits per heavy atom. The first-order valence-electron chi connectivity index (χ1n) is 18.9. The molecule has 0 aromatic heterocycles. The van der Waals surface area contributed by atoms with Gasteiger partial charge < -0.3 is 43.0 Å². The molecule has 0 bridgehead atoms. The van der Waals surface area contributed by atoms with E-state index in [1.165, 1.54) is 0 Å². The summed E-state index contributed by atoms with van der Waals surface area (Å²) in [6.45, 7) is 17.7. The molecule has 15 nitrogen and oxygen atoms in total. The Morgan fingerprint density at radius 3 is 1.61 bits per heavy atom. The standard InChI is InChI=1S/C26H44O10.C13H22O5/c1-4-21(3)26(31)35-19-13-12-16-32-20-25(30)36-24(29)15-9-7-11-18-34-23(28)14-8-6-10-17-33-22(27)5-2;1-5-10(3)13(15)17-8-7-16-11(4)9-18-12(14)6-2/h5,21,25,30H,2,4,6-20H2,1,3H3;6,10-11H,2,5,7-9H2,1,3-4H3. The average Bonchev–Trinajstić information content (AvgIpc) is 3.16. The predicted octanol–water partition coefficient (Wildman–Crippen LogP) is 5.34. The summed E-state index contributed by atoms with van der Waals surface area (Å²) in [7, 11) is 0. The van der Waals surface area contributed by atoms with Crippen LogP contribution in [-0.2, 0) is 66.7 Å². The van der Waals surface area contributed by atoms with Crippen LogP contribution in [0, 0.1) is 11.8 Å². The van der Waals surface area contributed by atoms with Crippen LogP contribution in [0.25, 0.3) is 0 Å². The number of carbonyl (C=O) groups excluding carboxylic acids is 6. The second kappa shape index (κ2) is 36.2. The number of hydrogen-bond acceptors (Lipinski definition) is 15. The summed E-state index contributed by atoms with van der Waals surface area (Å²) in [5.41, 5.74) is 0. The van der Waals surface area contributed by atoms with Gasteiger partial charge in [0.05, 0.1) is 44.4 Å². The average molecular weight is 775 g/mol. The van der Waals surface area contributed by atoms with Crippen molar-refractivity contribution in [3.63, 3.8) is 0 Å². The number of carbonyl (C=O) groups is 6. The van der Waals surface area contributed by atoms with Crippen LogP contribution in [0.2, 0.25) is 0 Å². The van der Waals surface area contributed by atoms with Crippen molar-refractivity contribution in [2.45, 2.75) is 124 Å². The van der Waals surface area contributed by atoms with Gasteiger partial charge in [-0.05, 0) is 71.1 Å². The number of unbranched alkanes of at least 4 members (excludes halogenated alkanes) is 5. The van der Waals surface area contributed by atoms with E-state index < -0.39 is 24.2 Å². The Morgan fingerprint density at radius 2 is 1.04 bits per heavy atom. The molecule has 0 radical (unpaired) electrons. The molecule has 312 valence electrons. The Labute approximate surface area is 321 Å². The maximum Gasteiger partial charge on any atom is 0.330 e. The van der Waals surface area contributed by atoms with E-state index in [0.29, 0.717) is 71.2 Å². The summed E-state index contributed by atoms with van der Waals surface area (Å²) in [4.78, 5) is 67.9. The maximum absolute atomic E-state index is 11.8. The van der Waals surface area contributed by atoms with E-state index in [4.69, 9.17) is 37.9 Å². The highest BCUT2D eigenvalue weighted by atomic mass is 16.7. The van der Waals surface area contributed by atoms with Gasteiger partial charge in [-0.3, -0.25) is 19.2 Å². The quantitative estimate of drug-likeness (QED) is 0.0302. The van der Waals surface area contributed by atoms with Crippen LogP contribution in [0.4, 0.5) is 0 Å². The summed E-state index contributed by atoms with van der Waals surface area (Å²) in [6, 6.07) is 0. The van der Waals surface area contributed by atoms with Gasteiger partial charge in [0.15, 0.2) is 0 Å². The number of aliphatic hydroxyl groups excluding tert-OH is 1. The molecule has 0 aliphatic carbocycles. The van der Waals surface area contributed by atoms with Crippen molar-refractivity contribution in [1.29, 1.82) is 0 Å². The molecule has 0 amide bonds. The Kier molecular flexibility index (Phi) is 35.0. The van der Waals surface area contributed by atoms with Crippen molar-refractivity contribution in [3.8, 4) is 0 Å². The van der Waals surface area contributed by atoms with E-state index in [1.54, 1.807) is 6.92 Å². The lowest BCUT2D eigenvalue weighted by atomic mass is 10.1. The van der Waals surface area contributed by atoms with Crippen LogP contribution in [0.5, 0.6) is 0 Å². The van der Waals surface area contributed by atoms with Gasteiger partial charge in [0.2, 0.25) is 6.29 Å². The summed E-state index contributed by atoms with van der Waals surface area (Å²) in [5, 5.41) is 9.72. The number of rotatable bonds is 32. The second-order valence-corrected chi connectivity index (χ2v) is 12.4. The van der Waals surface area contributed by atoms with Crippen LogP contribution in [0.3, 0.4) is 0 Å². The minimum atomic E-state index is -1.32.